The largest absolute Gasteiger partial charge is 0.483 e. The predicted octanol–water partition coefficient (Wildman–Crippen LogP) is 4.54. The van der Waals surface area contributed by atoms with Crippen molar-refractivity contribution in [3.63, 3.8) is 0 Å². The monoisotopic (exact) mass is 525 g/mol. The van der Waals surface area contributed by atoms with Gasteiger partial charge in [0.15, 0.2) is 25.4 Å². The van der Waals surface area contributed by atoms with Crippen LogP contribution in [-0.2, 0) is 26.6 Å². The molecule has 0 radical (unpaired) electrons. The van der Waals surface area contributed by atoms with Gasteiger partial charge in [0.25, 0.3) is 0 Å². The molecule has 0 fully saturated rings. The number of sulfone groups is 1. The highest BCUT2D eigenvalue weighted by molar-refractivity contribution is 7.93. The van der Waals surface area contributed by atoms with Crippen LogP contribution in [0.15, 0.2) is 64.6 Å². The maximum atomic E-state index is 13.1. The second-order valence-electron chi connectivity index (χ2n) is 7.34. The molecule has 184 valence electrons. The molecule has 3 heterocycles. The lowest BCUT2D eigenvalue weighted by atomic mass is 10.3. The van der Waals surface area contributed by atoms with Crippen molar-refractivity contribution in [2.45, 2.75) is 22.2 Å². The van der Waals surface area contributed by atoms with Crippen LogP contribution in [0.25, 0.3) is 22.6 Å². The van der Waals surface area contributed by atoms with Crippen molar-refractivity contribution in [1.29, 1.82) is 4.78 Å². The highest BCUT2D eigenvalue weighted by atomic mass is 32.2. The first-order valence-corrected chi connectivity index (χ1v) is 13.2. The molecule has 4 aromatic rings. The first-order chi connectivity index (χ1) is 16.3. The first kappa shape index (κ1) is 24.6. The summed E-state index contributed by atoms with van der Waals surface area (Å²) in [6, 6.07) is 9.33. The minimum absolute atomic E-state index is 0.000293. The zero-order valence-electron chi connectivity index (χ0n) is 18.3. The predicted molar refractivity (Wildman–Crippen MR) is 121 cm³/mol. The number of imidazole rings is 1. The number of aromatic nitrogens is 4. The third kappa shape index (κ3) is 4.46. The van der Waals surface area contributed by atoms with E-state index in [1.54, 1.807) is 18.2 Å². The van der Waals surface area contributed by atoms with Crippen LogP contribution in [0.5, 0.6) is 11.6 Å². The molecular weight excluding hydrogens is 507 g/mol. The fourth-order valence-corrected chi connectivity index (χ4v) is 5.12. The molecule has 0 spiro atoms. The molecule has 35 heavy (non-hydrogen) atoms. The van der Waals surface area contributed by atoms with Crippen molar-refractivity contribution in [3.8, 4) is 23.1 Å². The molecule has 4 rings (SSSR count). The number of rotatable bonds is 6. The Balaban J connectivity index is 1.87. The van der Waals surface area contributed by atoms with Crippen LogP contribution >= 0.6 is 0 Å². The van der Waals surface area contributed by atoms with Crippen LogP contribution in [0, 0.1) is 4.78 Å². The van der Waals surface area contributed by atoms with Gasteiger partial charge in [-0.3, -0.25) is 0 Å². The quantitative estimate of drug-likeness (QED) is 0.391. The molecule has 1 N–H and O–H groups in total. The van der Waals surface area contributed by atoms with Crippen molar-refractivity contribution in [2.24, 2.45) is 7.05 Å². The van der Waals surface area contributed by atoms with E-state index in [1.807, 2.05) is 0 Å². The van der Waals surface area contributed by atoms with Gasteiger partial charge in [0, 0.05) is 25.4 Å². The lowest BCUT2D eigenvalue weighted by molar-refractivity contribution is -0.0406. The summed E-state index contributed by atoms with van der Waals surface area (Å²) in [6.07, 6.45) is 2.78. The topological polar surface area (TPSA) is 128 Å². The van der Waals surface area contributed by atoms with Gasteiger partial charge in [-0.1, -0.05) is 13.0 Å². The zero-order chi connectivity index (χ0) is 25.6. The van der Waals surface area contributed by atoms with Gasteiger partial charge in [0.2, 0.25) is 5.88 Å². The molecule has 3 aromatic heterocycles. The second-order valence-corrected chi connectivity index (χ2v) is 11.6. The van der Waals surface area contributed by atoms with E-state index in [1.165, 1.54) is 43.1 Å². The number of ether oxygens (including phenoxy) is 1. The minimum Gasteiger partial charge on any atom is -0.437 e. The minimum atomic E-state index is -5.26. The number of halogens is 3. The van der Waals surface area contributed by atoms with E-state index in [4.69, 9.17) is 9.52 Å². The van der Waals surface area contributed by atoms with Gasteiger partial charge in [0.05, 0.1) is 27.9 Å². The summed E-state index contributed by atoms with van der Waals surface area (Å²) in [4.78, 5) is 11.6. The summed E-state index contributed by atoms with van der Waals surface area (Å²) in [6.45, 7) is 1.45. The molecule has 0 saturated carbocycles. The zero-order valence-corrected chi connectivity index (χ0v) is 19.9. The van der Waals surface area contributed by atoms with Crippen LogP contribution in [0.4, 0.5) is 13.2 Å². The summed E-state index contributed by atoms with van der Waals surface area (Å²) in [7, 11) is -7.39. The Morgan fingerprint density at radius 3 is 2.46 bits per heavy atom. The van der Waals surface area contributed by atoms with E-state index in [-0.39, 0.29) is 39.3 Å². The first-order valence-electron chi connectivity index (χ1n) is 9.99. The number of alkyl halides is 3. The highest BCUT2D eigenvalue weighted by Gasteiger charge is 2.43. The van der Waals surface area contributed by atoms with Crippen LogP contribution in [0.3, 0.4) is 0 Å². The number of nitrogens with zero attached hydrogens (tertiary/aromatic N) is 4. The lowest BCUT2D eigenvalue weighted by Crippen LogP contribution is -2.21. The molecule has 0 bridgehead atoms. The van der Waals surface area contributed by atoms with Crippen LogP contribution < -0.4 is 4.74 Å². The molecule has 0 aliphatic carbocycles. The summed E-state index contributed by atoms with van der Waals surface area (Å²) in [5.74, 6) is 0.132. The number of pyridine rings is 2. The number of hydrogen-bond donors (Lipinski definition) is 1. The summed E-state index contributed by atoms with van der Waals surface area (Å²) in [5.41, 5.74) is -4.97. The average molecular weight is 526 g/mol. The Morgan fingerprint density at radius 1 is 1.09 bits per heavy atom. The average Bonchev–Trinajstić information content (AvgIpc) is 3.14. The number of nitrogens with one attached hydrogen (secondary N) is 1. The third-order valence-corrected chi connectivity index (χ3v) is 8.44. The van der Waals surface area contributed by atoms with E-state index in [0.29, 0.717) is 5.52 Å². The number of benzene rings is 1. The van der Waals surface area contributed by atoms with Crippen LogP contribution in [-0.4, -0.2) is 43.4 Å². The van der Waals surface area contributed by atoms with Crippen molar-refractivity contribution in [2.75, 3.05) is 5.75 Å². The third-order valence-electron chi connectivity index (χ3n) is 5.12. The summed E-state index contributed by atoms with van der Waals surface area (Å²) in [5, 5.41) is 0. The normalized spacial score (nSPS) is 14.1. The van der Waals surface area contributed by atoms with E-state index < -0.39 is 30.0 Å². The number of fused-ring (bicyclic) bond motifs is 1. The standard InChI is InChI=1S/C21H18F3N5O4S2/c1-3-34(30,31)17-10-13(33-18-6-4-5-9-26-18)12-27-19(17)20-28-15-11-14(7-8-16(15)29(20)2)35(25,32)21(22,23)24/h4-12,25H,3H2,1-2H3. The van der Waals surface area contributed by atoms with Crippen LogP contribution in [0.1, 0.15) is 6.92 Å². The van der Waals surface area contributed by atoms with E-state index >= 15 is 0 Å². The van der Waals surface area contributed by atoms with Crippen molar-refractivity contribution >= 4 is 30.6 Å². The Labute approximate surface area is 198 Å². The van der Waals surface area contributed by atoms with E-state index in [0.717, 1.165) is 12.1 Å². The smallest absolute Gasteiger partial charge is 0.437 e. The van der Waals surface area contributed by atoms with Gasteiger partial charge in [-0.05, 0) is 24.3 Å². The maximum absolute atomic E-state index is 13.1. The SMILES string of the molecule is CCS(=O)(=O)c1cc(Oc2ccccn2)cnc1-c1nc2cc(S(=N)(=O)C(F)(F)F)ccc2n1C. The molecule has 0 aliphatic rings. The molecule has 0 amide bonds. The van der Waals surface area contributed by atoms with E-state index in [9.17, 15) is 25.8 Å². The Kier molecular flexibility index (Phi) is 6.05. The van der Waals surface area contributed by atoms with Crippen molar-refractivity contribution in [1.82, 2.24) is 19.5 Å². The number of hydrogen-bond acceptors (Lipinski definition) is 8. The summed E-state index contributed by atoms with van der Waals surface area (Å²) < 4.78 is 91.5. The fourth-order valence-electron chi connectivity index (χ4n) is 3.28. The van der Waals surface area contributed by atoms with Gasteiger partial charge in [0.1, 0.15) is 16.3 Å². The molecule has 0 saturated heterocycles. The number of aryl methyl sites for hydroxylation is 1. The van der Waals surface area contributed by atoms with Gasteiger partial charge in [-0.15, -0.1) is 0 Å². The molecule has 1 unspecified atom stereocenters. The highest BCUT2D eigenvalue weighted by Crippen LogP contribution is 2.35. The lowest BCUT2D eigenvalue weighted by Gasteiger charge is -2.11. The van der Waals surface area contributed by atoms with E-state index in [2.05, 4.69) is 15.0 Å². The van der Waals surface area contributed by atoms with Gasteiger partial charge >= 0.3 is 5.51 Å². The van der Waals surface area contributed by atoms with Crippen molar-refractivity contribution < 1.29 is 30.5 Å². The van der Waals surface area contributed by atoms with Crippen LogP contribution in [0.2, 0.25) is 0 Å². The Bertz CT molecular complexity index is 1630. The second kappa shape index (κ2) is 8.61. The van der Waals surface area contributed by atoms with Gasteiger partial charge in [-0.25, -0.2) is 32.4 Å². The molecule has 1 aromatic carbocycles. The van der Waals surface area contributed by atoms with Gasteiger partial charge < -0.3 is 9.30 Å². The molecule has 9 nitrogen and oxygen atoms in total. The molecule has 14 heteroatoms. The Morgan fingerprint density at radius 2 is 1.83 bits per heavy atom. The fraction of sp³-hybridized carbons (Fsp3) is 0.190. The summed E-state index contributed by atoms with van der Waals surface area (Å²) >= 11 is 0. The maximum Gasteiger partial charge on any atom is 0.483 e. The molecule has 1 atom stereocenters. The molecular formula is C21H18F3N5O4S2. The molecule has 0 aliphatic heterocycles. The van der Waals surface area contributed by atoms with Crippen molar-refractivity contribution in [3.05, 3.63) is 54.9 Å². The Hall–Kier alpha value is -3.52. The van der Waals surface area contributed by atoms with Gasteiger partial charge in [-0.2, -0.15) is 13.2 Å².